The van der Waals surface area contributed by atoms with E-state index in [1.165, 1.54) is 11.1 Å². The SMILES string of the molecule is CC(C)(C)c1ccncc1.CC(C)c1cccnc1. The Hall–Kier alpha value is -1.70. The van der Waals surface area contributed by atoms with Gasteiger partial charge in [-0.05, 0) is 40.7 Å². The lowest BCUT2D eigenvalue weighted by Gasteiger charge is -2.17. The van der Waals surface area contributed by atoms with Crippen molar-refractivity contribution in [2.24, 2.45) is 0 Å². The minimum absolute atomic E-state index is 0.253. The van der Waals surface area contributed by atoms with E-state index in [-0.39, 0.29) is 5.41 Å². The van der Waals surface area contributed by atoms with Gasteiger partial charge in [0.1, 0.15) is 0 Å². The second-order valence-electron chi connectivity index (χ2n) is 5.93. The molecule has 0 aliphatic carbocycles. The van der Waals surface area contributed by atoms with Gasteiger partial charge in [0, 0.05) is 24.8 Å². The quantitative estimate of drug-likeness (QED) is 0.746. The molecule has 2 rings (SSSR count). The van der Waals surface area contributed by atoms with E-state index in [9.17, 15) is 0 Å². The molecule has 2 heteroatoms. The first-order chi connectivity index (χ1) is 8.91. The Kier molecular flexibility index (Phi) is 5.68. The summed E-state index contributed by atoms with van der Waals surface area (Å²) < 4.78 is 0. The lowest BCUT2D eigenvalue weighted by atomic mass is 9.88. The monoisotopic (exact) mass is 256 g/mol. The Balaban J connectivity index is 0.000000191. The highest BCUT2D eigenvalue weighted by molar-refractivity contribution is 5.18. The van der Waals surface area contributed by atoms with Crippen molar-refractivity contribution in [2.45, 2.75) is 46.0 Å². The van der Waals surface area contributed by atoms with Crippen LogP contribution in [0.4, 0.5) is 0 Å². The van der Waals surface area contributed by atoms with Gasteiger partial charge in [0.15, 0.2) is 0 Å². The van der Waals surface area contributed by atoms with Crippen LogP contribution in [0.3, 0.4) is 0 Å². The molecule has 2 aromatic rings. The Morgan fingerprint density at radius 3 is 1.84 bits per heavy atom. The molecule has 0 amide bonds. The first-order valence-electron chi connectivity index (χ1n) is 6.71. The van der Waals surface area contributed by atoms with Crippen LogP contribution in [0.15, 0.2) is 49.1 Å². The predicted octanol–water partition coefficient (Wildman–Crippen LogP) is 4.58. The number of aromatic nitrogens is 2. The summed E-state index contributed by atoms with van der Waals surface area (Å²) in [6.45, 7) is 10.9. The number of hydrogen-bond acceptors (Lipinski definition) is 2. The van der Waals surface area contributed by atoms with Crippen LogP contribution in [-0.2, 0) is 5.41 Å². The molecular formula is C17H24N2. The van der Waals surface area contributed by atoms with E-state index in [4.69, 9.17) is 0 Å². The first kappa shape index (κ1) is 15.4. The minimum Gasteiger partial charge on any atom is -0.265 e. The van der Waals surface area contributed by atoms with Crippen molar-refractivity contribution >= 4 is 0 Å². The van der Waals surface area contributed by atoms with Gasteiger partial charge in [-0.2, -0.15) is 0 Å². The predicted molar refractivity (Wildman–Crippen MR) is 81.3 cm³/mol. The van der Waals surface area contributed by atoms with Gasteiger partial charge in [0.2, 0.25) is 0 Å². The smallest absolute Gasteiger partial charge is 0.0302 e. The standard InChI is InChI=1S/C9H13N.C8H11N/c1-9(2,3)8-4-6-10-7-5-8;1-7(2)8-4-3-5-9-6-8/h4-7H,1-3H3;3-7H,1-2H3. The highest BCUT2D eigenvalue weighted by Gasteiger charge is 2.11. The third kappa shape index (κ3) is 5.64. The molecule has 0 spiro atoms. The van der Waals surface area contributed by atoms with Crippen molar-refractivity contribution in [1.82, 2.24) is 9.97 Å². The lowest BCUT2D eigenvalue weighted by Crippen LogP contribution is -2.10. The summed E-state index contributed by atoms with van der Waals surface area (Å²) in [6.07, 6.45) is 7.37. The molecule has 2 nitrogen and oxygen atoms in total. The molecule has 102 valence electrons. The molecular weight excluding hydrogens is 232 g/mol. The zero-order chi connectivity index (χ0) is 14.3. The molecule has 0 fully saturated rings. The van der Waals surface area contributed by atoms with Gasteiger partial charge in [0.25, 0.3) is 0 Å². The lowest BCUT2D eigenvalue weighted by molar-refractivity contribution is 0.589. The van der Waals surface area contributed by atoms with Crippen molar-refractivity contribution in [2.75, 3.05) is 0 Å². The van der Waals surface area contributed by atoms with Crippen LogP contribution in [0.2, 0.25) is 0 Å². The zero-order valence-corrected chi connectivity index (χ0v) is 12.6. The molecule has 0 saturated heterocycles. The van der Waals surface area contributed by atoms with Crippen molar-refractivity contribution in [3.8, 4) is 0 Å². The summed E-state index contributed by atoms with van der Waals surface area (Å²) in [5.41, 5.74) is 2.89. The molecule has 0 aliphatic heterocycles. The van der Waals surface area contributed by atoms with E-state index < -0.39 is 0 Å². The Morgan fingerprint density at radius 1 is 0.895 bits per heavy atom. The summed E-state index contributed by atoms with van der Waals surface area (Å²) in [4.78, 5) is 7.96. The van der Waals surface area contributed by atoms with Crippen LogP contribution in [0, 0.1) is 0 Å². The van der Waals surface area contributed by atoms with Crippen LogP contribution < -0.4 is 0 Å². The maximum absolute atomic E-state index is 4.01. The molecule has 0 unspecified atom stereocenters. The molecule has 2 aromatic heterocycles. The molecule has 0 saturated carbocycles. The fourth-order valence-electron chi connectivity index (χ4n) is 1.57. The van der Waals surface area contributed by atoms with Crippen LogP contribution >= 0.6 is 0 Å². The average molecular weight is 256 g/mol. The fourth-order valence-corrected chi connectivity index (χ4v) is 1.57. The summed E-state index contributed by atoms with van der Waals surface area (Å²) in [7, 11) is 0. The summed E-state index contributed by atoms with van der Waals surface area (Å²) in [5.74, 6) is 0.596. The molecule has 0 aromatic carbocycles. The van der Waals surface area contributed by atoms with Crippen LogP contribution in [0.5, 0.6) is 0 Å². The molecule has 19 heavy (non-hydrogen) atoms. The Morgan fingerprint density at radius 2 is 1.53 bits per heavy atom. The third-order valence-electron chi connectivity index (χ3n) is 2.90. The van der Waals surface area contributed by atoms with Crippen LogP contribution in [0.25, 0.3) is 0 Å². The fraction of sp³-hybridized carbons (Fsp3) is 0.412. The average Bonchev–Trinajstić information content (AvgIpc) is 2.40. The maximum atomic E-state index is 4.01. The van der Waals surface area contributed by atoms with E-state index in [2.05, 4.69) is 62.8 Å². The summed E-state index contributed by atoms with van der Waals surface area (Å²) >= 11 is 0. The van der Waals surface area contributed by atoms with Gasteiger partial charge < -0.3 is 0 Å². The van der Waals surface area contributed by atoms with E-state index in [0.29, 0.717) is 5.92 Å². The topological polar surface area (TPSA) is 25.8 Å². The Labute approximate surface area is 116 Å². The number of nitrogens with zero attached hydrogens (tertiary/aromatic N) is 2. The van der Waals surface area contributed by atoms with Crippen LogP contribution in [-0.4, -0.2) is 9.97 Å². The highest BCUT2D eigenvalue weighted by Crippen LogP contribution is 2.20. The van der Waals surface area contributed by atoms with Crippen molar-refractivity contribution in [1.29, 1.82) is 0 Å². The van der Waals surface area contributed by atoms with Crippen molar-refractivity contribution in [3.63, 3.8) is 0 Å². The molecule has 0 aliphatic rings. The molecule has 0 radical (unpaired) electrons. The number of hydrogen-bond donors (Lipinski definition) is 0. The molecule has 0 N–H and O–H groups in total. The largest absolute Gasteiger partial charge is 0.265 e. The second kappa shape index (κ2) is 7.03. The molecule has 2 heterocycles. The minimum atomic E-state index is 0.253. The second-order valence-corrected chi connectivity index (χ2v) is 5.93. The van der Waals surface area contributed by atoms with Gasteiger partial charge in [-0.25, -0.2) is 0 Å². The van der Waals surface area contributed by atoms with Gasteiger partial charge in [0.05, 0.1) is 0 Å². The van der Waals surface area contributed by atoms with Gasteiger partial charge in [-0.15, -0.1) is 0 Å². The summed E-state index contributed by atoms with van der Waals surface area (Å²) in [6, 6.07) is 8.17. The number of pyridine rings is 2. The Bertz CT molecular complexity index is 456. The third-order valence-corrected chi connectivity index (χ3v) is 2.90. The normalized spacial score (nSPS) is 10.8. The number of rotatable bonds is 1. The van der Waals surface area contributed by atoms with Crippen molar-refractivity contribution in [3.05, 3.63) is 60.2 Å². The van der Waals surface area contributed by atoms with E-state index in [0.717, 1.165) is 0 Å². The van der Waals surface area contributed by atoms with Crippen LogP contribution in [0.1, 0.15) is 51.7 Å². The summed E-state index contributed by atoms with van der Waals surface area (Å²) in [5, 5.41) is 0. The van der Waals surface area contributed by atoms with E-state index in [1.54, 1.807) is 6.20 Å². The first-order valence-corrected chi connectivity index (χ1v) is 6.71. The molecule has 0 bridgehead atoms. The van der Waals surface area contributed by atoms with Gasteiger partial charge >= 0.3 is 0 Å². The van der Waals surface area contributed by atoms with E-state index in [1.807, 2.05) is 24.7 Å². The molecule has 0 atom stereocenters. The highest BCUT2D eigenvalue weighted by atomic mass is 14.6. The van der Waals surface area contributed by atoms with Crippen molar-refractivity contribution < 1.29 is 0 Å². The van der Waals surface area contributed by atoms with E-state index >= 15 is 0 Å². The zero-order valence-electron chi connectivity index (χ0n) is 12.6. The van der Waals surface area contributed by atoms with Gasteiger partial charge in [-0.1, -0.05) is 40.7 Å². The van der Waals surface area contributed by atoms with Gasteiger partial charge in [-0.3, -0.25) is 9.97 Å². The maximum Gasteiger partial charge on any atom is 0.0302 e.